The van der Waals surface area contributed by atoms with Gasteiger partial charge in [0.05, 0.1) is 12.6 Å². The molecule has 26 heavy (non-hydrogen) atoms. The molecule has 1 aromatic rings. The van der Waals surface area contributed by atoms with Gasteiger partial charge in [-0.15, -0.1) is 0 Å². The van der Waals surface area contributed by atoms with Crippen molar-refractivity contribution in [3.05, 3.63) is 33.9 Å². The highest BCUT2D eigenvalue weighted by molar-refractivity contribution is 5.80. The Morgan fingerprint density at radius 3 is 2.58 bits per heavy atom. The molecule has 1 aromatic carbocycles. The molecule has 4 nitrogen and oxygen atoms in total. The lowest BCUT2D eigenvalue weighted by Gasteiger charge is -2.23. The lowest BCUT2D eigenvalue weighted by Crippen LogP contribution is -2.43. The van der Waals surface area contributed by atoms with Gasteiger partial charge in [0.15, 0.2) is 0 Å². The Hall–Kier alpha value is -1.86. The van der Waals surface area contributed by atoms with Crippen LogP contribution in [0, 0.1) is 17.2 Å². The van der Waals surface area contributed by atoms with Crippen LogP contribution in [0.25, 0.3) is 0 Å². The molecule has 0 bridgehead atoms. The van der Waals surface area contributed by atoms with Crippen molar-refractivity contribution in [2.24, 2.45) is 5.92 Å². The second-order valence-corrected chi connectivity index (χ2v) is 8.51. The number of rotatable bonds is 5. The van der Waals surface area contributed by atoms with Crippen molar-refractivity contribution < 1.29 is 4.79 Å². The number of likely N-dealkylation sites (tertiary alicyclic amines) is 1. The second kappa shape index (κ2) is 6.39. The molecule has 4 aliphatic rings. The molecular formula is C22H27N3O. The molecule has 1 saturated heterocycles. The normalized spacial score (nSPS) is 27.8. The second-order valence-electron chi connectivity index (χ2n) is 8.51. The maximum atomic E-state index is 12.5. The highest BCUT2D eigenvalue weighted by atomic mass is 16.2. The van der Waals surface area contributed by atoms with Gasteiger partial charge in [0.2, 0.25) is 5.91 Å². The first-order valence-electron chi connectivity index (χ1n) is 10.3. The Labute approximate surface area is 155 Å². The van der Waals surface area contributed by atoms with E-state index in [1.165, 1.54) is 38.5 Å². The number of piperidine rings is 1. The molecule has 3 aliphatic carbocycles. The first-order chi connectivity index (χ1) is 12.8. The predicted molar refractivity (Wildman–Crippen MR) is 99.8 cm³/mol. The molecule has 0 spiro atoms. The number of carbonyl (C=O) groups excluding carboxylic acids is 1. The van der Waals surface area contributed by atoms with Gasteiger partial charge in [-0.25, -0.2) is 0 Å². The number of nitriles is 1. The van der Waals surface area contributed by atoms with Gasteiger partial charge in [-0.1, -0.05) is 6.07 Å². The molecule has 136 valence electrons. The number of benzene rings is 1. The first kappa shape index (κ1) is 16.3. The molecule has 2 fully saturated rings. The van der Waals surface area contributed by atoms with Gasteiger partial charge in [-0.05, 0) is 98.1 Å². The summed E-state index contributed by atoms with van der Waals surface area (Å²) in [4.78, 5) is 14.4. The van der Waals surface area contributed by atoms with E-state index in [4.69, 9.17) is 0 Å². The smallest absolute Gasteiger partial charge is 0.237 e. The summed E-state index contributed by atoms with van der Waals surface area (Å²) < 4.78 is 0. The number of hydrogen-bond acceptors (Lipinski definition) is 3. The number of nitrogens with zero attached hydrogens (tertiary/aromatic N) is 2. The van der Waals surface area contributed by atoms with Crippen LogP contribution < -0.4 is 5.32 Å². The van der Waals surface area contributed by atoms with E-state index in [1.807, 2.05) is 4.90 Å². The lowest BCUT2D eigenvalue weighted by atomic mass is 9.92. The minimum atomic E-state index is -0.186. The van der Waals surface area contributed by atoms with Crippen molar-refractivity contribution in [1.29, 1.82) is 5.26 Å². The van der Waals surface area contributed by atoms with E-state index in [0.717, 1.165) is 25.8 Å². The molecule has 1 amide bonds. The summed E-state index contributed by atoms with van der Waals surface area (Å²) in [5, 5.41) is 12.6. The standard InChI is InChI=1S/C22H27N3O/c23-12-17-10-16-11-21(16)25(17)22(26)13-24-8-7-20-18-5-1-3-14(18)9-15-4-2-6-19(15)20/h9,16-17,21,24H,1-8,10-11,13H2/t16-,17?,21+/m1/s1. The summed E-state index contributed by atoms with van der Waals surface area (Å²) >= 11 is 0. The largest absolute Gasteiger partial charge is 0.322 e. The van der Waals surface area contributed by atoms with E-state index in [1.54, 1.807) is 27.8 Å². The Kier molecular flexibility index (Phi) is 4.01. The average molecular weight is 349 g/mol. The maximum absolute atomic E-state index is 12.5. The van der Waals surface area contributed by atoms with E-state index in [2.05, 4.69) is 17.5 Å². The highest BCUT2D eigenvalue weighted by Crippen LogP contribution is 2.47. The van der Waals surface area contributed by atoms with Crippen LogP contribution in [-0.2, 0) is 36.9 Å². The lowest BCUT2D eigenvalue weighted by molar-refractivity contribution is -0.131. The van der Waals surface area contributed by atoms with Crippen LogP contribution in [0.2, 0.25) is 0 Å². The number of fused-ring (bicyclic) bond motifs is 3. The molecule has 5 rings (SSSR count). The zero-order chi connectivity index (χ0) is 17.7. The fourth-order valence-corrected chi connectivity index (χ4v) is 5.67. The SMILES string of the molecule is N#CC1C[C@@H]2C[C@@H]2N1C(=O)CNCCc1c2c(cc3c1CCC3)CCC2. The van der Waals surface area contributed by atoms with Crippen LogP contribution in [0.4, 0.5) is 0 Å². The summed E-state index contributed by atoms with van der Waals surface area (Å²) in [6.45, 7) is 1.23. The number of aryl methyl sites for hydroxylation is 2. The van der Waals surface area contributed by atoms with Crippen LogP contribution in [0.15, 0.2) is 6.07 Å². The third kappa shape index (κ3) is 2.65. The van der Waals surface area contributed by atoms with E-state index < -0.39 is 0 Å². The average Bonchev–Trinajstić information content (AvgIpc) is 3.05. The monoisotopic (exact) mass is 349 g/mol. The number of carbonyl (C=O) groups is 1. The van der Waals surface area contributed by atoms with Crippen molar-refractivity contribution in [3.63, 3.8) is 0 Å². The number of hydrogen-bond donors (Lipinski definition) is 1. The Morgan fingerprint density at radius 1 is 1.15 bits per heavy atom. The Bertz CT molecular complexity index is 761. The Balaban J connectivity index is 1.21. The molecule has 1 aliphatic heterocycles. The van der Waals surface area contributed by atoms with Gasteiger partial charge < -0.3 is 10.2 Å². The molecule has 0 aromatic heterocycles. The number of nitrogens with one attached hydrogen (secondary N) is 1. The summed E-state index contributed by atoms with van der Waals surface area (Å²) in [7, 11) is 0. The topological polar surface area (TPSA) is 56.1 Å². The summed E-state index contributed by atoms with van der Waals surface area (Å²) in [5.74, 6) is 0.711. The quantitative estimate of drug-likeness (QED) is 0.830. The number of amides is 1. The molecule has 0 radical (unpaired) electrons. The summed E-state index contributed by atoms with van der Waals surface area (Å²) in [5.41, 5.74) is 7.99. The molecule has 1 N–H and O–H groups in total. The molecule has 1 heterocycles. The zero-order valence-electron chi connectivity index (χ0n) is 15.4. The minimum absolute atomic E-state index is 0.116. The molecule has 1 saturated carbocycles. The van der Waals surface area contributed by atoms with E-state index >= 15 is 0 Å². The molecular weight excluding hydrogens is 322 g/mol. The van der Waals surface area contributed by atoms with Crippen molar-refractivity contribution in [3.8, 4) is 6.07 Å². The first-order valence-corrected chi connectivity index (χ1v) is 10.3. The van der Waals surface area contributed by atoms with Crippen molar-refractivity contribution >= 4 is 5.91 Å². The maximum Gasteiger partial charge on any atom is 0.237 e. The van der Waals surface area contributed by atoms with Gasteiger partial charge in [0.1, 0.15) is 6.04 Å². The van der Waals surface area contributed by atoms with E-state index in [9.17, 15) is 10.1 Å². The third-order valence-electron chi connectivity index (χ3n) is 6.97. The van der Waals surface area contributed by atoms with Gasteiger partial charge in [-0.2, -0.15) is 5.26 Å². The summed E-state index contributed by atoms with van der Waals surface area (Å²) in [6.07, 6.45) is 10.6. The van der Waals surface area contributed by atoms with Crippen LogP contribution >= 0.6 is 0 Å². The van der Waals surface area contributed by atoms with E-state index in [0.29, 0.717) is 18.5 Å². The molecule has 4 heteroatoms. The van der Waals surface area contributed by atoms with Crippen molar-refractivity contribution in [2.75, 3.05) is 13.1 Å². The van der Waals surface area contributed by atoms with Crippen LogP contribution in [0.5, 0.6) is 0 Å². The zero-order valence-corrected chi connectivity index (χ0v) is 15.4. The fraction of sp³-hybridized carbons (Fsp3) is 0.636. The minimum Gasteiger partial charge on any atom is -0.322 e. The van der Waals surface area contributed by atoms with Crippen molar-refractivity contribution in [1.82, 2.24) is 10.2 Å². The molecule has 1 unspecified atom stereocenters. The fourth-order valence-electron chi connectivity index (χ4n) is 5.67. The Morgan fingerprint density at radius 2 is 1.88 bits per heavy atom. The van der Waals surface area contributed by atoms with E-state index in [-0.39, 0.29) is 11.9 Å². The molecule has 3 atom stereocenters. The third-order valence-corrected chi connectivity index (χ3v) is 6.97. The van der Waals surface area contributed by atoms with Crippen LogP contribution in [-0.4, -0.2) is 36.0 Å². The van der Waals surface area contributed by atoms with Gasteiger partial charge in [0, 0.05) is 6.04 Å². The van der Waals surface area contributed by atoms with Crippen LogP contribution in [0.3, 0.4) is 0 Å². The summed E-state index contributed by atoms with van der Waals surface area (Å²) in [6, 6.07) is 4.95. The van der Waals surface area contributed by atoms with Crippen LogP contribution in [0.1, 0.15) is 53.5 Å². The predicted octanol–water partition coefficient (Wildman–Crippen LogP) is 2.31. The van der Waals surface area contributed by atoms with Crippen molar-refractivity contribution in [2.45, 2.75) is 69.9 Å². The van der Waals surface area contributed by atoms with Gasteiger partial charge in [0.25, 0.3) is 0 Å². The van der Waals surface area contributed by atoms with Gasteiger partial charge >= 0.3 is 0 Å². The highest BCUT2D eigenvalue weighted by Gasteiger charge is 2.53. The van der Waals surface area contributed by atoms with Gasteiger partial charge in [-0.3, -0.25) is 4.79 Å².